The Hall–Kier alpha value is -1.22. The summed E-state index contributed by atoms with van der Waals surface area (Å²) in [5.74, 6) is 0.841. The van der Waals surface area contributed by atoms with Gasteiger partial charge in [-0.2, -0.15) is 0 Å². The first-order valence-electron chi connectivity index (χ1n) is 6.05. The van der Waals surface area contributed by atoms with Crippen molar-refractivity contribution >= 4 is 5.69 Å². The monoisotopic (exact) mass is 237 g/mol. The second kappa shape index (κ2) is 5.92. The standard InChI is InChI=1S/C14H23NO2/c1-11(2)16-10-9-14(3,4)17-13-7-5-12(15)6-8-13/h5-8,11H,9-10,15H2,1-4H3. The first-order valence-corrected chi connectivity index (χ1v) is 6.05. The van der Waals surface area contributed by atoms with Gasteiger partial charge in [-0.25, -0.2) is 0 Å². The van der Waals surface area contributed by atoms with Crippen molar-refractivity contribution in [3.63, 3.8) is 0 Å². The topological polar surface area (TPSA) is 44.5 Å². The van der Waals surface area contributed by atoms with Crippen molar-refractivity contribution in [2.45, 2.75) is 45.8 Å². The minimum absolute atomic E-state index is 0.231. The summed E-state index contributed by atoms with van der Waals surface area (Å²) >= 11 is 0. The molecule has 0 fully saturated rings. The molecule has 0 aliphatic heterocycles. The van der Waals surface area contributed by atoms with E-state index in [0.29, 0.717) is 6.61 Å². The van der Waals surface area contributed by atoms with E-state index in [-0.39, 0.29) is 11.7 Å². The average molecular weight is 237 g/mol. The van der Waals surface area contributed by atoms with Gasteiger partial charge < -0.3 is 15.2 Å². The molecule has 1 aromatic rings. The van der Waals surface area contributed by atoms with Crippen molar-refractivity contribution in [3.05, 3.63) is 24.3 Å². The Labute approximate surface area is 104 Å². The van der Waals surface area contributed by atoms with Crippen molar-refractivity contribution < 1.29 is 9.47 Å². The van der Waals surface area contributed by atoms with Gasteiger partial charge in [0, 0.05) is 12.1 Å². The lowest BCUT2D eigenvalue weighted by Crippen LogP contribution is -2.30. The van der Waals surface area contributed by atoms with Crippen LogP contribution in [-0.4, -0.2) is 18.3 Å². The number of hydrogen-bond acceptors (Lipinski definition) is 3. The third-order valence-electron chi connectivity index (χ3n) is 2.43. The molecule has 17 heavy (non-hydrogen) atoms. The smallest absolute Gasteiger partial charge is 0.120 e. The lowest BCUT2D eigenvalue weighted by Gasteiger charge is -2.27. The van der Waals surface area contributed by atoms with Crippen LogP contribution in [0.2, 0.25) is 0 Å². The van der Waals surface area contributed by atoms with Gasteiger partial charge in [-0.15, -0.1) is 0 Å². The van der Waals surface area contributed by atoms with Gasteiger partial charge in [0.05, 0.1) is 12.7 Å². The zero-order valence-electron chi connectivity index (χ0n) is 11.2. The zero-order valence-corrected chi connectivity index (χ0v) is 11.2. The van der Waals surface area contributed by atoms with Crippen molar-refractivity contribution in [1.29, 1.82) is 0 Å². The molecule has 0 heterocycles. The maximum absolute atomic E-state index is 5.90. The fraction of sp³-hybridized carbons (Fsp3) is 0.571. The Morgan fingerprint density at radius 1 is 1.18 bits per heavy atom. The minimum Gasteiger partial charge on any atom is -0.488 e. The van der Waals surface area contributed by atoms with Crippen LogP contribution in [0.25, 0.3) is 0 Å². The van der Waals surface area contributed by atoms with Gasteiger partial charge in [0.1, 0.15) is 11.4 Å². The van der Waals surface area contributed by atoms with Crippen molar-refractivity contribution in [2.24, 2.45) is 0 Å². The fourth-order valence-electron chi connectivity index (χ4n) is 1.45. The molecule has 0 aliphatic rings. The van der Waals surface area contributed by atoms with Gasteiger partial charge in [-0.3, -0.25) is 0 Å². The molecule has 0 aliphatic carbocycles. The first-order chi connectivity index (χ1) is 7.89. The summed E-state index contributed by atoms with van der Waals surface area (Å²) in [6, 6.07) is 7.47. The summed E-state index contributed by atoms with van der Waals surface area (Å²) in [4.78, 5) is 0. The number of nitrogen functional groups attached to an aromatic ring is 1. The average Bonchev–Trinajstić information content (AvgIpc) is 2.20. The van der Waals surface area contributed by atoms with E-state index >= 15 is 0 Å². The number of nitrogens with two attached hydrogens (primary N) is 1. The second-order valence-corrected chi connectivity index (χ2v) is 5.10. The molecule has 3 nitrogen and oxygen atoms in total. The Kier molecular flexibility index (Phi) is 4.82. The SMILES string of the molecule is CC(C)OCCC(C)(C)Oc1ccc(N)cc1. The van der Waals surface area contributed by atoms with Crippen molar-refractivity contribution in [2.75, 3.05) is 12.3 Å². The lowest BCUT2D eigenvalue weighted by molar-refractivity contribution is 0.0231. The van der Waals surface area contributed by atoms with Crippen LogP contribution in [0.4, 0.5) is 5.69 Å². The van der Waals surface area contributed by atoms with E-state index in [2.05, 4.69) is 13.8 Å². The van der Waals surface area contributed by atoms with Crippen molar-refractivity contribution in [1.82, 2.24) is 0 Å². The Balaban J connectivity index is 2.45. The third kappa shape index (κ3) is 5.59. The number of hydrogen-bond donors (Lipinski definition) is 1. The van der Waals surface area contributed by atoms with Crippen LogP contribution < -0.4 is 10.5 Å². The summed E-state index contributed by atoms with van der Waals surface area (Å²) < 4.78 is 11.4. The molecule has 0 unspecified atom stereocenters. The van der Waals surface area contributed by atoms with Crippen LogP contribution in [0.5, 0.6) is 5.75 Å². The highest BCUT2D eigenvalue weighted by Gasteiger charge is 2.19. The van der Waals surface area contributed by atoms with Gasteiger partial charge in [0.2, 0.25) is 0 Å². The summed E-state index contributed by atoms with van der Waals surface area (Å²) in [7, 11) is 0. The summed E-state index contributed by atoms with van der Waals surface area (Å²) in [5, 5.41) is 0. The highest BCUT2D eigenvalue weighted by atomic mass is 16.5. The molecule has 0 saturated carbocycles. The highest BCUT2D eigenvalue weighted by molar-refractivity contribution is 5.41. The summed E-state index contributed by atoms with van der Waals surface area (Å²) in [6.45, 7) is 8.90. The van der Waals surface area contributed by atoms with Crippen LogP contribution in [-0.2, 0) is 4.74 Å². The van der Waals surface area contributed by atoms with E-state index in [1.807, 2.05) is 38.1 Å². The van der Waals surface area contributed by atoms with Crippen LogP contribution in [0, 0.1) is 0 Å². The van der Waals surface area contributed by atoms with Crippen LogP contribution in [0.3, 0.4) is 0 Å². The molecule has 0 saturated heterocycles. The molecule has 0 atom stereocenters. The Morgan fingerprint density at radius 3 is 2.29 bits per heavy atom. The summed E-state index contributed by atoms with van der Waals surface area (Å²) in [6.07, 6.45) is 1.12. The van der Waals surface area contributed by atoms with E-state index in [1.54, 1.807) is 0 Å². The maximum atomic E-state index is 5.90. The van der Waals surface area contributed by atoms with E-state index in [0.717, 1.165) is 17.9 Å². The van der Waals surface area contributed by atoms with Gasteiger partial charge in [-0.05, 0) is 52.0 Å². The molecular weight excluding hydrogens is 214 g/mol. The predicted octanol–water partition coefficient (Wildman–Crippen LogP) is 3.24. The zero-order chi connectivity index (χ0) is 12.9. The Bertz CT molecular complexity index is 331. The van der Waals surface area contributed by atoms with Gasteiger partial charge in [0.25, 0.3) is 0 Å². The lowest BCUT2D eigenvalue weighted by atomic mass is 10.1. The molecule has 1 rings (SSSR count). The van der Waals surface area contributed by atoms with Crippen LogP contribution >= 0.6 is 0 Å². The van der Waals surface area contributed by atoms with Gasteiger partial charge in [0.15, 0.2) is 0 Å². The molecular formula is C14H23NO2. The normalized spacial score (nSPS) is 11.8. The molecule has 96 valence electrons. The molecule has 0 radical (unpaired) electrons. The predicted molar refractivity (Wildman–Crippen MR) is 71.3 cm³/mol. The molecule has 0 spiro atoms. The largest absolute Gasteiger partial charge is 0.488 e. The van der Waals surface area contributed by atoms with Gasteiger partial charge in [-0.1, -0.05) is 0 Å². The highest BCUT2D eigenvalue weighted by Crippen LogP contribution is 2.22. The summed E-state index contributed by atoms with van der Waals surface area (Å²) in [5.41, 5.74) is 6.15. The van der Waals surface area contributed by atoms with Crippen LogP contribution in [0.1, 0.15) is 34.1 Å². The minimum atomic E-state index is -0.231. The fourth-order valence-corrected chi connectivity index (χ4v) is 1.45. The van der Waals surface area contributed by atoms with E-state index in [4.69, 9.17) is 15.2 Å². The van der Waals surface area contributed by atoms with Gasteiger partial charge >= 0.3 is 0 Å². The Morgan fingerprint density at radius 2 is 1.76 bits per heavy atom. The molecule has 2 N–H and O–H groups in total. The third-order valence-corrected chi connectivity index (χ3v) is 2.43. The molecule has 1 aromatic carbocycles. The van der Waals surface area contributed by atoms with E-state index in [1.165, 1.54) is 0 Å². The number of anilines is 1. The van der Waals surface area contributed by atoms with Crippen LogP contribution in [0.15, 0.2) is 24.3 Å². The number of ether oxygens (including phenoxy) is 2. The second-order valence-electron chi connectivity index (χ2n) is 5.10. The number of benzene rings is 1. The van der Waals surface area contributed by atoms with E-state index in [9.17, 15) is 0 Å². The molecule has 0 aromatic heterocycles. The quantitative estimate of drug-likeness (QED) is 0.772. The molecule has 0 amide bonds. The van der Waals surface area contributed by atoms with E-state index < -0.39 is 0 Å². The number of rotatable bonds is 6. The molecule has 3 heteroatoms. The first kappa shape index (κ1) is 13.8. The van der Waals surface area contributed by atoms with Crippen molar-refractivity contribution in [3.8, 4) is 5.75 Å². The maximum Gasteiger partial charge on any atom is 0.120 e. The molecule has 0 bridgehead atoms.